The monoisotopic (exact) mass is 334 g/mol. The smallest absolute Gasteiger partial charge is 0.373 e. The van der Waals surface area contributed by atoms with Crippen LogP contribution in [0, 0.1) is 0 Å². The number of unbranched alkanes of at least 4 members (excludes halogenated alkanes) is 6. The van der Waals surface area contributed by atoms with E-state index in [9.17, 15) is 9.90 Å². The number of rotatable bonds is 12. The first-order valence-electron chi connectivity index (χ1n) is 8.95. The fourth-order valence-electron chi connectivity index (χ4n) is 2.65. The lowest BCUT2D eigenvalue weighted by Gasteiger charge is -2.12. The van der Waals surface area contributed by atoms with Crippen molar-refractivity contribution in [3.05, 3.63) is 35.9 Å². The summed E-state index contributed by atoms with van der Waals surface area (Å²) in [6.45, 7) is 8.02. The van der Waals surface area contributed by atoms with E-state index in [2.05, 4.69) is 23.3 Å². The van der Waals surface area contributed by atoms with E-state index in [0.717, 1.165) is 24.8 Å². The van der Waals surface area contributed by atoms with Gasteiger partial charge in [-0.15, -0.1) is 0 Å². The zero-order valence-electron chi connectivity index (χ0n) is 15.0. The molecule has 0 aliphatic heterocycles. The molecule has 0 saturated heterocycles. The van der Waals surface area contributed by atoms with Crippen LogP contribution in [0.2, 0.25) is 0 Å². The van der Waals surface area contributed by atoms with Crippen LogP contribution in [0.5, 0.6) is 5.75 Å². The third-order valence-corrected chi connectivity index (χ3v) is 4.01. The molecule has 0 fully saturated rings. The summed E-state index contributed by atoms with van der Waals surface area (Å²) in [4.78, 5) is 21.3. The summed E-state index contributed by atoms with van der Waals surface area (Å²) in [6.07, 6.45) is 9.12. The van der Waals surface area contributed by atoms with Gasteiger partial charge in [-0.1, -0.05) is 64.2 Å². The maximum atomic E-state index is 11.9. The summed E-state index contributed by atoms with van der Waals surface area (Å²) in [5.74, 6) is -0.424. The van der Waals surface area contributed by atoms with Gasteiger partial charge in [0.25, 0.3) is 0 Å². The van der Waals surface area contributed by atoms with E-state index in [1.54, 1.807) is 25.1 Å². The van der Waals surface area contributed by atoms with E-state index in [1.165, 1.54) is 32.1 Å². The van der Waals surface area contributed by atoms with Crippen LogP contribution in [-0.2, 0) is 21.0 Å². The topological polar surface area (TPSA) is 55.8 Å². The van der Waals surface area contributed by atoms with Crippen LogP contribution in [0.25, 0.3) is 5.57 Å². The summed E-state index contributed by atoms with van der Waals surface area (Å²) in [5.41, 5.74) is 1.59. The van der Waals surface area contributed by atoms with Gasteiger partial charge in [-0.3, -0.25) is 4.89 Å². The predicted octanol–water partition coefficient (Wildman–Crippen LogP) is 5.19. The SMILES string of the molecule is C=C(C(=O)OOCC)c1cccc(O)c1CCCCCCCCC. The number of phenols is 1. The maximum Gasteiger partial charge on any atom is 0.373 e. The molecule has 0 aliphatic rings. The highest BCUT2D eigenvalue weighted by atomic mass is 17.2. The van der Waals surface area contributed by atoms with Crippen LogP contribution >= 0.6 is 0 Å². The van der Waals surface area contributed by atoms with E-state index >= 15 is 0 Å². The largest absolute Gasteiger partial charge is 0.508 e. The first-order chi connectivity index (χ1) is 11.6. The number of aromatic hydroxyl groups is 1. The van der Waals surface area contributed by atoms with Gasteiger partial charge in [-0.2, -0.15) is 4.89 Å². The highest BCUT2D eigenvalue weighted by Crippen LogP contribution is 2.28. The fraction of sp³-hybridized carbons (Fsp3) is 0.550. The molecule has 0 atom stereocenters. The van der Waals surface area contributed by atoms with Crippen LogP contribution in [0.3, 0.4) is 0 Å². The van der Waals surface area contributed by atoms with Gasteiger partial charge < -0.3 is 5.11 Å². The molecule has 0 unspecified atom stereocenters. The second kappa shape index (κ2) is 11.7. The normalized spacial score (nSPS) is 10.6. The molecule has 0 radical (unpaired) electrons. The Morgan fingerprint density at radius 3 is 2.42 bits per heavy atom. The van der Waals surface area contributed by atoms with E-state index in [4.69, 9.17) is 0 Å². The van der Waals surface area contributed by atoms with Crippen molar-refractivity contribution >= 4 is 11.5 Å². The van der Waals surface area contributed by atoms with Gasteiger partial charge in [0.15, 0.2) is 0 Å². The number of hydrogen-bond donors (Lipinski definition) is 1. The van der Waals surface area contributed by atoms with Gasteiger partial charge >= 0.3 is 5.97 Å². The molecular weight excluding hydrogens is 304 g/mol. The second-order valence-electron chi connectivity index (χ2n) is 5.93. The second-order valence-corrected chi connectivity index (χ2v) is 5.93. The molecule has 0 bridgehead atoms. The van der Waals surface area contributed by atoms with Gasteiger partial charge in [0.2, 0.25) is 0 Å². The number of carbonyl (C=O) groups excluding carboxylic acids is 1. The molecule has 1 N–H and O–H groups in total. The number of phenolic OH excluding ortho intramolecular Hbond substituents is 1. The Hall–Kier alpha value is -1.81. The first kappa shape index (κ1) is 20.2. The molecule has 0 amide bonds. The molecule has 1 aromatic carbocycles. The fourth-order valence-corrected chi connectivity index (χ4v) is 2.65. The average molecular weight is 334 g/mol. The molecule has 0 heterocycles. The van der Waals surface area contributed by atoms with Gasteiger partial charge in [0.1, 0.15) is 5.75 Å². The molecule has 134 valence electrons. The van der Waals surface area contributed by atoms with Crippen LogP contribution < -0.4 is 0 Å². The van der Waals surface area contributed by atoms with Crippen molar-refractivity contribution in [3.63, 3.8) is 0 Å². The third-order valence-electron chi connectivity index (χ3n) is 4.01. The van der Waals surface area contributed by atoms with Crippen molar-refractivity contribution in [2.75, 3.05) is 6.61 Å². The van der Waals surface area contributed by atoms with Crippen LogP contribution in [0.15, 0.2) is 24.8 Å². The quantitative estimate of drug-likeness (QED) is 0.247. The van der Waals surface area contributed by atoms with Crippen molar-refractivity contribution in [2.45, 2.75) is 65.2 Å². The molecule has 0 aliphatic carbocycles. The van der Waals surface area contributed by atoms with Crippen molar-refractivity contribution in [3.8, 4) is 5.75 Å². The average Bonchev–Trinajstić information content (AvgIpc) is 2.59. The Balaban J connectivity index is 2.60. The standard InChI is InChI=1S/C20H30O4/c1-4-6-7-8-9-10-11-13-18-17(14-12-15-19(18)21)16(3)20(22)24-23-5-2/h12,14-15,21H,3-11,13H2,1-2H3. The van der Waals surface area contributed by atoms with E-state index in [-0.39, 0.29) is 17.9 Å². The Morgan fingerprint density at radius 2 is 1.75 bits per heavy atom. The zero-order chi connectivity index (χ0) is 17.8. The van der Waals surface area contributed by atoms with Gasteiger partial charge in [-0.25, -0.2) is 4.79 Å². The minimum atomic E-state index is -0.622. The molecule has 0 spiro atoms. The summed E-state index contributed by atoms with van der Waals surface area (Å²) >= 11 is 0. The predicted molar refractivity (Wildman–Crippen MR) is 96.6 cm³/mol. The Bertz CT molecular complexity index is 522. The summed E-state index contributed by atoms with van der Waals surface area (Å²) in [5, 5.41) is 10.1. The Kier molecular flexibility index (Phi) is 9.85. The number of carbonyl (C=O) groups is 1. The molecule has 0 aromatic heterocycles. The summed E-state index contributed by atoms with van der Waals surface area (Å²) in [6, 6.07) is 5.13. The van der Waals surface area contributed by atoms with Gasteiger partial charge in [0.05, 0.1) is 12.2 Å². The molecule has 1 rings (SSSR count). The van der Waals surface area contributed by atoms with E-state index in [1.807, 2.05) is 0 Å². The van der Waals surface area contributed by atoms with Crippen LogP contribution in [0.4, 0.5) is 0 Å². The van der Waals surface area contributed by atoms with Crippen molar-refractivity contribution in [1.29, 1.82) is 0 Å². The Labute approximate surface area is 145 Å². The van der Waals surface area contributed by atoms with Gasteiger partial charge in [-0.05, 0) is 31.4 Å². The first-order valence-corrected chi connectivity index (χ1v) is 8.95. The number of hydrogen-bond acceptors (Lipinski definition) is 4. The van der Waals surface area contributed by atoms with Crippen molar-refractivity contribution in [1.82, 2.24) is 0 Å². The molecule has 4 nitrogen and oxygen atoms in total. The third kappa shape index (κ3) is 6.75. The summed E-state index contributed by atoms with van der Waals surface area (Å²) in [7, 11) is 0. The lowest BCUT2D eigenvalue weighted by atomic mass is 9.95. The molecule has 0 saturated carbocycles. The molecular formula is C20H30O4. The molecule has 24 heavy (non-hydrogen) atoms. The van der Waals surface area contributed by atoms with E-state index in [0.29, 0.717) is 5.56 Å². The zero-order valence-corrected chi connectivity index (χ0v) is 15.0. The van der Waals surface area contributed by atoms with Gasteiger partial charge in [0, 0.05) is 5.56 Å². The Morgan fingerprint density at radius 1 is 1.08 bits per heavy atom. The maximum absolute atomic E-state index is 11.9. The minimum absolute atomic E-state index is 0.198. The lowest BCUT2D eigenvalue weighted by Crippen LogP contribution is -2.09. The van der Waals surface area contributed by atoms with E-state index < -0.39 is 5.97 Å². The number of benzene rings is 1. The molecule has 4 heteroatoms. The van der Waals surface area contributed by atoms with Crippen LogP contribution in [0.1, 0.15) is 69.9 Å². The lowest BCUT2D eigenvalue weighted by molar-refractivity contribution is -0.263. The van der Waals surface area contributed by atoms with Crippen molar-refractivity contribution < 1.29 is 19.7 Å². The highest BCUT2D eigenvalue weighted by molar-refractivity contribution is 6.15. The molecule has 1 aromatic rings. The van der Waals surface area contributed by atoms with Crippen LogP contribution in [-0.4, -0.2) is 17.7 Å². The highest BCUT2D eigenvalue weighted by Gasteiger charge is 2.17. The summed E-state index contributed by atoms with van der Waals surface area (Å²) < 4.78 is 0. The van der Waals surface area contributed by atoms with Crippen molar-refractivity contribution in [2.24, 2.45) is 0 Å². The minimum Gasteiger partial charge on any atom is -0.508 e.